The van der Waals surface area contributed by atoms with E-state index in [1.165, 1.54) is 16.7 Å². The van der Waals surface area contributed by atoms with Gasteiger partial charge in [0.05, 0.1) is 13.2 Å². The highest BCUT2D eigenvalue weighted by Crippen LogP contribution is 2.29. The standard InChI is InChI=1S/C18H21N3O2/c22-18(21-6-8-23-9-7-21)17-10-14(12-20-17)15-3-1-2-13-11-19-5-4-16(13)15/h1-3,10,12,19-20H,4-9,11H2. The highest BCUT2D eigenvalue weighted by molar-refractivity contribution is 5.94. The number of aromatic amines is 1. The molecular formula is C18H21N3O2. The lowest BCUT2D eigenvalue weighted by atomic mass is 9.92. The lowest BCUT2D eigenvalue weighted by Crippen LogP contribution is -2.40. The molecular weight excluding hydrogens is 290 g/mol. The Kier molecular flexibility index (Phi) is 3.89. The second kappa shape index (κ2) is 6.18. The number of nitrogens with zero attached hydrogens (tertiary/aromatic N) is 1. The van der Waals surface area contributed by atoms with Crippen LogP contribution in [-0.4, -0.2) is 48.6 Å². The van der Waals surface area contributed by atoms with E-state index in [-0.39, 0.29) is 5.91 Å². The third kappa shape index (κ3) is 2.78. The fourth-order valence-electron chi connectivity index (χ4n) is 3.41. The SMILES string of the molecule is O=C(c1cc(-c2cccc3c2CCNC3)c[nH]1)N1CCOCC1. The zero-order valence-electron chi connectivity index (χ0n) is 13.1. The lowest BCUT2D eigenvalue weighted by molar-refractivity contribution is 0.0299. The van der Waals surface area contributed by atoms with E-state index in [0.29, 0.717) is 32.0 Å². The summed E-state index contributed by atoms with van der Waals surface area (Å²) in [4.78, 5) is 17.6. The first-order chi connectivity index (χ1) is 11.3. The number of H-pyrrole nitrogens is 1. The second-order valence-corrected chi connectivity index (χ2v) is 6.08. The molecule has 2 N–H and O–H groups in total. The van der Waals surface area contributed by atoms with Gasteiger partial charge in [0.2, 0.25) is 0 Å². The Labute approximate surface area is 135 Å². The van der Waals surface area contributed by atoms with Gasteiger partial charge in [0.1, 0.15) is 5.69 Å². The number of morpholine rings is 1. The molecule has 1 saturated heterocycles. The molecule has 5 heteroatoms. The van der Waals surface area contributed by atoms with Gasteiger partial charge in [-0.05, 0) is 35.7 Å². The number of aromatic nitrogens is 1. The minimum Gasteiger partial charge on any atom is -0.378 e. The predicted molar refractivity (Wildman–Crippen MR) is 88.4 cm³/mol. The van der Waals surface area contributed by atoms with Crippen LogP contribution in [0.4, 0.5) is 0 Å². The fourth-order valence-corrected chi connectivity index (χ4v) is 3.41. The first-order valence-electron chi connectivity index (χ1n) is 8.20. The number of rotatable bonds is 2. The van der Waals surface area contributed by atoms with E-state index in [1.54, 1.807) is 0 Å². The number of hydrogen-bond acceptors (Lipinski definition) is 3. The van der Waals surface area contributed by atoms with Crippen molar-refractivity contribution >= 4 is 5.91 Å². The summed E-state index contributed by atoms with van der Waals surface area (Å²) >= 11 is 0. The van der Waals surface area contributed by atoms with Crippen LogP contribution in [0.5, 0.6) is 0 Å². The molecule has 5 nitrogen and oxygen atoms in total. The normalized spacial score (nSPS) is 17.8. The van der Waals surface area contributed by atoms with Gasteiger partial charge in [0.15, 0.2) is 0 Å². The predicted octanol–water partition coefficient (Wildman–Crippen LogP) is 1.80. The lowest BCUT2D eigenvalue weighted by Gasteiger charge is -2.26. The number of carbonyl (C=O) groups is 1. The Hall–Kier alpha value is -2.11. The van der Waals surface area contributed by atoms with Gasteiger partial charge in [0, 0.05) is 31.4 Å². The molecule has 0 bridgehead atoms. The van der Waals surface area contributed by atoms with Crippen molar-refractivity contribution in [3.63, 3.8) is 0 Å². The molecule has 120 valence electrons. The van der Waals surface area contributed by atoms with Gasteiger partial charge in [-0.3, -0.25) is 4.79 Å². The molecule has 0 unspecified atom stereocenters. The van der Waals surface area contributed by atoms with Crippen LogP contribution in [0, 0.1) is 0 Å². The summed E-state index contributed by atoms with van der Waals surface area (Å²) in [6, 6.07) is 8.40. The van der Waals surface area contributed by atoms with Crippen LogP contribution in [0.2, 0.25) is 0 Å². The first-order valence-corrected chi connectivity index (χ1v) is 8.20. The molecule has 1 aromatic heterocycles. The van der Waals surface area contributed by atoms with E-state index in [4.69, 9.17) is 4.74 Å². The highest BCUT2D eigenvalue weighted by atomic mass is 16.5. The van der Waals surface area contributed by atoms with Crippen LogP contribution in [0.1, 0.15) is 21.6 Å². The Bertz CT molecular complexity index is 717. The van der Waals surface area contributed by atoms with E-state index in [2.05, 4.69) is 28.5 Å². The molecule has 0 aliphatic carbocycles. The van der Waals surface area contributed by atoms with Crippen LogP contribution in [-0.2, 0) is 17.7 Å². The molecule has 1 fully saturated rings. The summed E-state index contributed by atoms with van der Waals surface area (Å²) < 4.78 is 5.31. The molecule has 2 aliphatic rings. The van der Waals surface area contributed by atoms with Crippen molar-refractivity contribution in [3.8, 4) is 11.1 Å². The molecule has 1 aromatic carbocycles. The average molecular weight is 311 g/mol. The summed E-state index contributed by atoms with van der Waals surface area (Å²) in [7, 11) is 0. The third-order valence-electron chi connectivity index (χ3n) is 4.66. The van der Waals surface area contributed by atoms with Crippen molar-refractivity contribution in [1.82, 2.24) is 15.2 Å². The minimum absolute atomic E-state index is 0.0611. The molecule has 0 saturated carbocycles. The molecule has 1 amide bonds. The third-order valence-corrected chi connectivity index (χ3v) is 4.66. The van der Waals surface area contributed by atoms with E-state index in [1.807, 2.05) is 17.2 Å². The zero-order valence-corrected chi connectivity index (χ0v) is 13.1. The quantitative estimate of drug-likeness (QED) is 0.889. The van der Waals surface area contributed by atoms with Crippen molar-refractivity contribution in [2.24, 2.45) is 0 Å². The topological polar surface area (TPSA) is 57.4 Å². The maximum atomic E-state index is 12.6. The average Bonchev–Trinajstić information content (AvgIpc) is 3.11. The number of ether oxygens (including phenoxy) is 1. The maximum Gasteiger partial charge on any atom is 0.270 e. The van der Waals surface area contributed by atoms with Crippen LogP contribution in [0.15, 0.2) is 30.5 Å². The van der Waals surface area contributed by atoms with E-state index < -0.39 is 0 Å². The summed E-state index contributed by atoms with van der Waals surface area (Å²) in [6.07, 6.45) is 2.98. The second-order valence-electron chi connectivity index (χ2n) is 6.08. The summed E-state index contributed by atoms with van der Waals surface area (Å²) in [6.45, 7) is 4.51. The van der Waals surface area contributed by atoms with Gasteiger partial charge < -0.3 is 19.9 Å². The van der Waals surface area contributed by atoms with Crippen molar-refractivity contribution in [2.75, 3.05) is 32.8 Å². The van der Waals surface area contributed by atoms with Crippen molar-refractivity contribution < 1.29 is 9.53 Å². The van der Waals surface area contributed by atoms with Gasteiger partial charge in [-0.15, -0.1) is 0 Å². The molecule has 0 radical (unpaired) electrons. The summed E-state index contributed by atoms with van der Waals surface area (Å²) in [5, 5.41) is 3.41. The number of fused-ring (bicyclic) bond motifs is 1. The monoisotopic (exact) mass is 311 g/mol. The van der Waals surface area contributed by atoms with Crippen molar-refractivity contribution in [2.45, 2.75) is 13.0 Å². The first kappa shape index (κ1) is 14.5. The van der Waals surface area contributed by atoms with Gasteiger partial charge >= 0.3 is 0 Å². The molecule has 0 atom stereocenters. The molecule has 0 spiro atoms. The zero-order chi connectivity index (χ0) is 15.6. The van der Waals surface area contributed by atoms with Gasteiger partial charge in [0.25, 0.3) is 5.91 Å². The molecule has 2 aromatic rings. The molecule has 3 heterocycles. The van der Waals surface area contributed by atoms with Crippen molar-refractivity contribution in [3.05, 3.63) is 47.3 Å². The minimum atomic E-state index is 0.0611. The highest BCUT2D eigenvalue weighted by Gasteiger charge is 2.21. The molecule has 4 rings (SSSR count). The van der Waals surface area contributed by atoms with Crippen LogP contribution in [0.3, 0.4) is 0 Å². The van der Waals surface area contributed by atoms with Gasteiger partial charge in [-0.2, -0.15) is 0 Å². The number of nitrogens with one attached hydrogen (secondary N) is 2. The van der Waals surface area contributed by atoms with Crippen LogP contribution in [0.25, 0.3) is 11.1 Å². The van der Waals surface area contributed by atoms with E-state index in [9.17, 15) is 4.79 Å². The maximum absolute atomic E-state index is 12.6. The number of amides is 1. The Morgan fingerprint density at radius 1 is 1.22 bits per heavy atom. The van der Waals surface area contributed by atoms with Crippen LogP contribution < -0.4 is 5.32 Å². The van der Waals surface area contributed by atoms with Crippen LogP contribution >= 0.6 is 0 Å². The number of carbonyl (C=O) groups excluding carboxylic acids is 1. The molecule has 2 aliphatic heterocycles. The van der Waals surface area contributed by atoms with Crippen molar-refractivity contribution in [1.29, 1.82) is 0 Å². The molecule has 23 heavy (non-hydrogen) atoms. The smallest absolute Gasteiger partial charge is 0.270 e. The summed E-state index contributed by atoms with van der Waals surface area (Å²) in [5.41, 5.74) is 5.75. The largest absolute Gasteiger partial charge is 0.378 e. The number of hydrogen-bond donors (Lipinski definition) is 2. The van der Waals surface area contributed by atoms with E-state index in [0.717, 1.165) is 25.1 Å². The Balaban J connectivity index is 1.62. The Morgan fingerprint density at radius 2 is 2.09 bits per heavy atom. The Morgan fingerprint density at radius 3 is 2.96 bits per heavy atom. The summed E-state index contributed by atoms with van der Waals surface area (Å²) in [5.74, 6) is 0.0611. The van der Waals surface area contributed by atoms with Gasteiger partial charge in [-0.25, -0.2) is 0 Å². The van der Waals surface area contributed by atoms with E-state index >= 15 is 0 Å². The van der Waals surface area contributed by atoms with Gasteiger partial charge in [-0.1, -0.05) is 18.2 Å². The fraction of sp³-hybridized carbons (Fsp3) is 0.389. The number of benzene rings is 1.